The Kier molecular flexibility index (Phi) is 5.27. The van der Waals surface area contributed by atoms with Crippen molar-refractivity contribution in [2.24, 2.45) is 0 Å². The van der Waals surface area contributed by atoms with Crippen LogP contribution in [0, 0.1) is 22.7 Å². The van der Waals surface area contributed by atoms with Gasteiger partial charge in [0.2, 0.25) is 0 Å². The van der Waals surface area contributed by atoms with Crippen LogP contribution in [0.3, 0.4) is 0 Å². The number of nitrogens with two attached hydrogens (primary N) is 1. The summed E-state index contributed by atoms with van der Waals surface area (Å²) in [4.78, 5) is 0. The van der Waals surface area contributed by atoms with Crippen molar-refractivity contribution in [3.05, 3.63) is 51.5 Å². The molecule has 126 valence electrons. The summed E-state index contributed by atoms with van der Waals surface area (Å²) in [5, 5.41) is 20.1. The third-order valence-corrected chi connectivity index (χ3v) is 5.22. The van der Waals surface area contributed by atoms with Gasteiger partial charge in [0, 0.05) is 10.6 Å². The Morgan fingerprint density at radius 1 is 0.800 bits per heavy atom. The summed E-state index contributed by atoms with van der Waals surface area (Å²) >= 11 is 6.03. The molecule has 3 rings (SSSR count). The van der Waals surface area contributed by atoms with E-state index in [1.54, 1.807) is 0 Å². The Morgan fingerprint density at radius 3 is 1.96 bits per heavy atom. The first-order valence-corrected chi connectivity index (χ1v) is 9.08. The largest absolute Gasteiger partial charge is 0.397 e. The lowest BCUT2D eigenvalue weighted by atomic mass is 9.83. The number of hydrogen-bond donors (Lipinski definition) is 1. The van der Waals surface area contributed by atoms with Gasteiger partial charge in [-0.1, -0.05) is 43.0 Å². The molecule has 2 aromatic rings. The van der Waals surface area contributed by atoms with E-state index in [-0.39, 0.29) is 0 Å². The van der Waals surface area contributed by atoms with Crippen molar-refractivity contribution in [1.29, 1.82) is 10.5 Å². The Morgan fingerprint density at radius 2 is 1.36 bits per heavy atom. The molecule has 1 aliphatic carbocycles. The van der Waals surface area contributed by atoms with Gasteiger partial charge in [-0.05, 0) is 54.5 Å². The Hall–Kier alpha value is -2.49. The molecule has 0 radical (unpaired) electrons. The van der Waals surface area contributed by atoms with Gasteiger partial charge in [-0.2, -0.15) is 10.5 Å². The molecular weight excluding hydrogens is 330 g/mol. The molecule has 0 saturated heterocycles. The fraction of sp³-hybridized carbons (Fsp3) is 0.333. The molecule has 0 atom stereocenters. The van der Waals surface area contributed by atoms with E-state index in [9.17, 15) is 10.5 Å². The minimum absolute atomic E-state index is 0.313. The van der Waals surface area contributed by atoms with Gasteiger partial charge in [0.25, 0.3) is 0 Å². The lowest BCUT2D eigenvalue weighted by molar-refractivity contribution is 0.629. The average molecular weight is 350 g/mol. The van der Waals surface area contributed by atoms with E-state index >= 15 is 0 Å². The number of fused-ring (bicyclic) bond motifs is 1. The topological polar surface area (TPSA) is 73.6 Å². The molecule has 0 aliphatic heterocycles. The van der Waals surface area contributed by atoms with Crippen molar-refractivity contribution in [3.8, 4) is 23.3 Å². The number of anilines is 1. The summed E-state index contributed by atoms with van der Waals surface area (Å²) in [6, 6.07) is 12.0. The van der Waals surface area contributed by atoms with Crippen LogP contribution in [0.1, 0.15) is 54.4 Å². The molecule has 0 unspecified atom stereocenters. The van der Waals surface area contributed by atoms with Gasteiger partial charge in [-0.3, -0.25) is 0 Å². The van der Waals surface area contributed by atoms with Crippen molar-refractivity contribution in [2.45, 2.75) is 44.9 Å². The number of rotatable bonds is 1. The van der Waals surface area contributed by atoms with E-state index in [0.29, 0.717) is 21.8 Å². The minimum Gasteiger partial charge on any atom is -0.397 e. The molecule has 0 heterocycles. The normalized spacial score (nSPS) is 14.4. The third-order valence-electron chi connectivity index (χ3n) is 4.97. The van der Waals surface area contributed by atoms with Crippen LogP contribution in [-0.2, 0) is 12.8 Å². The first-order chi connectivity index (χ1) is 12.2. The zero-order valence-electron chi connectivity index (χ0n) is 14.1. The van der Waals surface area contributed by atoms with Crippen molar-refractivity contribution >= 4 is 17.3 Å². The lowest BCUT2D eigenvalue weighted by Crippen LogP contribution is -2.08. The van der Waals surface area contributed by atoms with Gasteiger partial charge in [-0.25, -0.2) is 0 Å². The van der Waals surface area contributed by atoms with Crippen molar-refractivity contribution in [2.75, 3.05) is 5.73 Å². The van der Waals surface area contributed by atoms with Gasteiger partial charge < -0.3 is 5.73 Å². The van der Waals surface area contributed by atoms with Gasteiger partial charge in [0.05, 0.1) is 16.8 Å². The van der Waals surface area contributed by atoms with E-state index < -0.39 is 0 Å². The average Bonchev–Trinajstić information content (AvgIpc) is 2.74. The number of halogens is 1. The summed E-state index contributed by atoms with van der Waals surface area (Å²) in [7, 11) is 0. The Labute approximate surface area is 153 Å². The summed E-state index contributed by atoms with van der Waals surface area (Å²) in [5.74, 6) is 0. The number of benzene rings is 2. The second-order valence-corrected chi connectivity index (χ2v) is 6.93. The van der Waals surface area contributed by atoms with Crippen molar-refractivity contribution < 1.29 is 0 Å². The highest BCUT2D eigenvalue weighted by atomic mass is 35.5. The summed E-state index contributed by atoms with van der Waals surface area (Å²) in [6.45, 7) is 0. The van der Waals surface area contributed by atoms with Crippen LogP contribution in [0.25, 0.3) is 11.1 Å². The molecule has 4 heteroatoms. The molecule has 1 aliphatic rings. The van der Waals surface area contributed by atoms with E-state index in [1.807, 2.05) is 24.3 Å². The van der Waals surface area contributed by atoms with Crippen LogP contribution in [0.2, 0.25) is 5.02 Å². The second kappa shape index (κ2) is 7.60. The van der Waals surface area contributed by atoms with Crippen LogP contribution in [0.5, 0.6) is 0 Å². The molecule has 25 heavy (non-hydrogen) atoms. The van der Waals surface area contributed by atoms with E-state index in [1.165, 1.54) is 19.3 Å². The second-order valence-electron chi connectivity index (χ2n) is 6.49. The van der Waals surface area contributed by atoms with Crippen molar-refractivity contribution in [3.63, 3.8) is 0 Å². The fourth-order valence-electron chi connectivity index (χ4n) is 3.74. The predicted molar refractivity (Wildman–Crippen MR) is 101 cm³/mol. The van der Waals surface area contributed by atoms with Gasteiger partial charge in [0.1, 0.15) is 12.1 Å². The standard InChI is InChI=1S/C21H20ClN3/c22-15-10-8-14(9-11-15)20-17-7-5-3-1-2-4-6-16(17)18(12-23)21(25)19(20)13-24/h8-11H,1-7,25H2. The maximum atomic E-state index is 9.75. The number of hydrogen-bond acceptors (Lipinski definition) is 3. The van der Waals surface area contributed by atoms with Crippen LogP contribution in [0.15, 0.2) is 24.3 Å². The molecule has 0 aromatic heterocycles. The number of nitriles is 2. The zero-order valence-corrected chi connectivity index (χ0v) is 14.9. The van der Waals surface area contributed by atoms with E-state index in [0.717, 1.165) is 47.9 Å². The SMILES string of the molecule is N#Cc1c(N)c(C#N)c(-c2ccc(Cl)cc2)c2c1CCCCCCC2. The highest BCUT2D eigenvalue weighted by Crippen LogP contribution is 2.39. The maximum Gasteiger partial charge on any atom is 0.102 e. The highest BCUT2D eigenvalue weighted by molar-refractivity contribution is 6.30. The molecule has 0 fully saturated rings. The first kappa shape index (κ1) is 17.3. The van der Waals surface area contributed by atoms with Crippen LogP contribution < -0.4 is 5.73 Å². The number of nitrogen functional groups attached to an aromatic ring is 1. The Bertz CT molecular complexity index is 870. The van der Waals surface area contributed by atoms with Crippen LogP contribution >= 0.6 is 11.6 Å². The van der Waals surface area contributed by atoms with Gasteiger partial charge >= 0.3 is 0 Å². The quantitative estimate of drug-likeness (QED) is 0.702. The van der Waals surface area contributed by atoms with Gasteiger partial charge in [-0.15, -0.1) is 0 Å². The molecule has 0 saturated carbocycles. The Balaban J connectivity index is 2.34. The first-order valence-electron chi connectivity index (χ1n) is 8.70. The molecule has 0 spiro atoms. The maximum absolute atomic E-state index is 9.75. The summed E-state index contributed by atoms with van der Waals surface area (Å²) in [5.41, 5.74) is 11.4. The smallest absolute Gasteiger partial charge is 0.102 e. The molecule has 2 N–H and O–H groups in total. The van der Waals surface area contributed by atoms with E-state index in [2.05, 4.69) is 12.1 Å². The fourth-order valence-corrected chi connectivity index (χ4v) is 3.87. The molecule has 3 nitrogen and oxygen atoms in total. The summed E-state index contributed by atoms with van der Waals surface area (Å²) < 4.78 is 0. The predicted octanol–water partition coefficient (Wildman–Crippen LogP) is 5.38. The van der Waals surface area contributed by atoms with E-state index in [4.69, 9.17) is 17.3 Å². The molecule has 0 bridgehead atoms. The van der Waals surface area contributed by atoms with Gasteiger partial charge in [0.15, 0.2) is 0 Å². The molecule has 2 aromatic carbocycles. The van der Waals surface area contributed by atoms with Crippen molar-refractivity contribution in [1.82, 2.24) is 0 Å². The zero-order chi connectivity index (χ0) is 17.8. The molecule has 0 amide bonds. The van der Waals surface area contributed by atoms with Crippen LogP contribution in [-0.4, -0.2) is 0 Å². The number of nitrogens with zero attached hydrogens (tertiary/aromatic N) is 2. The monoisotopic (exact) mass is 349 g/mol. The van der Waals surface area contributed by atoms with Crippen LogP contribution in [0.4, 0.5) is 5.69 Å². The highest BCUT2D eigenvalue weighted by Gasteiger charge is 2.23. The lowest BCUT2D eigenvalue weighted by Gasteiger charge is -2.20. The minimum atomic E-state index is 0.313. The third kappa shape index (κ3) is 3.34. The summed E-state index contributed by atoms with van der Waals surface area (Å²) in [6.07, 6.45) is 7.38. The molecular formula is C21H20ClN3.